The van der Waals surface area contributed by atoms with E-state index in [1.54, 1.807) is 24.1 Å². The minimum Gasteiger partial charge on any atom is -0.496 e. The van der Waals surface area contributed by atoms with Gasteiger partial charge in [-0.15, -0.1) is 0 Å². The molecule has 1 heterocycles. The van der Waals surface area contributed by atoms with Crippen molar-refractivity contribution in [3.63, 3.8) is 0 Å². The second-order valence-corrected chi connectivity index (χ2v) is 8.00. The highest BCUT2D eigenvalue weighted by Gasteiger charge is 2.22. The molecule has 27 heavy (non-hydrogen) atoms. The number of hydrogen-bond acceptors (Lipinski definition) is 4. The number of carbonyl (C=O) groups is 1. The van der Waals surface area contributed by atoms with E-state index in [0.29, 0.717) is 32.5 Å². The van der Waals surface area contributed by atoms with Crippen LogP contribution in [0.5, 0.6) is 5.75 Å². The molecule has 0 saturated heterocycles. The van der Waals surface area contributed by atoms with E-state index in [1.165, 1.54) is 6.07 Å². The summed E-state index contributed by atoms with van der Waals surface area (Å²) >= 11 is 0. The molecule has 2 amide bonds. The smallest absolute Gasteiger partial charge is 0.317 e. The van der Waals surface area contributed by atoms with E-state index in [9.17, 15) is 13.2 Å². The minimum atomic E-state index is -3.76. The Balaban J connectivity index is 1.60. The van der Waals surface area contributed by atoms with Crippen molar-refractivity contribution in [3.05, 3.63) is 59.2 Å². The topological polar surface area (TPSA) is 102 Å². The summed E-state index contributed by atoms with van der Waals surface area (Å²) < 4.78 is 28.4. The zero-order valence-corrected chi connectivity index (χ0v) is 16.0. The Morgan fingerprint density at radius 2 is 2.00 bits per heavy atom. The van der Waals surface area contributed by atoms with Gasteiger partial charge in [-0.05, 0) is 47.7 Å². The molecule has 0 aliphatic carbocycles. The molecule has 2 aromatic carbocycles. The molecule has 0 bridgehead atoms. The molecule has 0 atom stereocenters. The van der Waals surface area contributed by atoms with Crippen LogP contribution < -0.4 is 15.2 Å². The molecule has 0 aromatic heterocycles. The van der Waals surface area contributed by atoms with E-state index in [4.69, 9.17) is 9.88 Å². The Morgan fingerprint density at radius 1 is 1.22 bits per heavy atom. The number of rotatable bonds is 5. The largest absolute Gasteiger partial charge is 0.496 e. The van der Waals surface area contributed by atoms with Gasteiger partial charge < -0.3 is 15.0 Å². The van der Waals surface area contributed by atoms with Gasteiger partial charge in [-0.1, -0.05) is 24.3 Å². The van der Waals surface area contributed by atoms with Crippen LogP contribution in [-0.2, 0) is 29.4 Å². The minimum absolute atomic E-state index is 0.0691. The number of carbonyl (C=O) groups excluding carboxylic acids is 1. The lowest BCUT2D eigenvalue weighted by atomic mass is 10.0. The first-order chi connectivity index (χ1) is 12.9. The van der Waals surface area contributed by atoms with E-state index < -0.39 is 10.0 Å². The summed E-state index contributed by atoms with van der Waals surface area (Å²) in [7, 11) is -2.13. The van der Waals surface area contributed by atoms with Gasteiger partial charge in [-0.3, -0.25) is 0 Å². The molecular weight excluding hydrogens is 366 g/mol. The zero-order valence-electron chi connectivity index (χ0n) is 15.1. The molecule has 0 radical (unpaired) electrons. The number of sulfonamides is 1. The molecule has 144 valence electrons. The number of primary sulfonamides is 1. The van der Waals surface area contributed by atoms with E-state index in [0.717, 1.165) is 22.4 Å². The first kappa shape index (κ1) is 19.2. The second-order valence-electron chi connectivity index (χ2n) is 6.44. The fraction of sp³-hybridized carbons (Fsp3) is 0.316. The molecule has 1 aliphatic heterocycles. The van der Waals surface area contributed by atoms with Crippen LogP contribution in [0.25, 0.3) is 0 Å². The fourth-order valence-electron chi connectivity index (χ4n) is 3.21. The summed E-state index contributed by atoms with van der Waals surface area (Å²) in [5.74, 6) is 0.800. The molecule has 1 aliphatic rings. The van der Waals surface area contributed by atoms with Crippen LogP contribution >= 0.6 is 0 Å². The predicted molar refractivity (Wildman–Crippen MR) is 102 cm³/mol. The van der Waals surface area contributed by atoms with Crippen LogP contribution in [0.4, 0.5) is 4.79 Å². The molecule has 8 heteroatoms. The van der Waals surface area contributed by atoms with Crippen molar-refractivity contribution in [1.82, 2.24) is 10.2 Å². The standard InChI is InChI=1S/C19H23N3O4S/c1-26-18-5-3-2-4-15(18)8-10-21-19(23)22-11-9-14-6-7-17(27(20,24)25)12-16(14)13-22/h2-7,12H,8-11,13H2,1H3,(H,21,23)(H2,20,24,25). The number of amides is 2. The van der Waals surface area contributed by atoms with Gasteiger partial charge in [0.25, 0.3) is 0 Å². The third kappa shape index (κ3) is 4.58. The molecule has 0 saturated carbocycles. The number of urea groups is 1. The molecule has 0 unspecified atom stereocenters. The summed E-state index contributed by atoms with van der Waals surface area (Å²) in [4.78, 5) is 14.2. The second kappa shape index (κ2) is 7.98. The molecule has 3 N–H and O–H groups in total. The fourth-order valence-corrected chi connectivity index (χ4v) is 3.77. The maximum Gasteiger partial charge on any atom is 0.317 e. The average molecular weight is 389 g/mol. The van der Waals surface area contributed by atoms with Crippen molar-refractivity contribution in [1.29, 1.82) is 0 Å². The van der Waals surface area contributed by atoms with Gasteiger partial charge in [0.1, 0.15) is 5.75 Å². The van der Waals surface area contributed by atoms with Crippen LogP contribution in [0.1, 0.15) is 16.7 Å². The van der Waals surface area contributed by atoms with Crippen LogP contribution in [0.2, 0.25) is 0 Å². The summed E-state index contributed by atoms with van der Waals surface area (Å²) in [6.45, 7) is 1.43. The number of fused-ring (bicyclic) bond motifs is 1. The van der Waals surface area contributed by atoms with Crippen molar-refractivity contribution in [2.24, 2.45) is 5.14 Å². The number of para-hydroxylation sites is 1. The van der Waals surface area contributed by atoms with E-state index in [1.807, 2.05) is 24.3 Å². The predicted octanol–water partition coefficient (Wildman–Crippen LogP) is 1.65. The average Bonchev–Trinajstić information content (AvgIpc) is 2.66. The van der Waals surface area contributed by atoms with Crippen molar-refractivity contribution in [2.45, 2.75) is 24.3 Å². The van der Waals surface area contributed by atoms with Gasteiger partial charge in [0.2, 0.25) is 10.0 Å². The highest BCUT2D eigenvalue weighted by Crippen LogP contribution is 2.22. The Morgan fingerprint density at radius 3 is 2.74 bits per heavy atom. The number of nitrogens with two attached hydrogens (primary N) is 1. The normalized spacial score (nSPS) is 13.8. The zero-order chi connectivity index (χ0) is 19.4. The number of ether oxygens (including phenoxy) is 1. The number of nitrogens with zero attached hydrogens (tertiary/aromatic N) is 1. The van der Waals surface area contributed by atoms with Gasteiger partial charge in [0, 0.05) is 19.6 Å². The van der Waals surface area contributed by atoms with Crippen molar-refractivity contribution in [3.8, 4) is 5.75 Å². The highest BCUT2D eigenvalue weighted by atomic mass is 32.2. The monoisotopic (exact) mass is 389 g/mol. The summed E-state index contributed by atoms with van der Waals surface area (Å²) in [6, 6.07) is 12.4. The Labute approximate surface area is 159 Å². The lowest BCUT2D eigenvalue weighted by molar-refractivity contribution is 0.192. The number of hydrogen-bond donors (Lipinski definition) is 2. The van der Waals surface area contributed by atoms with E-state index in [-0.39, 0.29) is 10.9 Å². The van der Waals surface area contributed by atoms with Crippen molar-refractivity contribution < 1.29 is 17.9 Å². The molecule has 0 fully saturated rings. The third-order valence-electron chi connectivity index (χ3n) is 4.67. The maximum absolute atomic E-state index is 12.5. The van der Waals surface area contributed by atoms with Gasteiger partial charge in [0.05, 0.1) is 12.0 Å². The number of nitrogens with one attached hydrogen (secondary N) is 1. The number of benzene rings is 2. The summed E-state index contributed by atoms with van der Waals surface area (Å²) in [5, 5.41) is 8.11. The van der Waals surface area contributed by atoms with Crippen LogP contribution in [0.3, 0.4) is 0 Å². The molecule has 0 spiro atoms. The van der Waals surface area contributed by atoms with Crippen molar-refractivity contribution in [2.75, 3.05) is 20.2 Å². The Kier molecular flexibility index (Phi) is 5.67. The highest BCUT2D eigenvalue weighted by molar-refractivity contribution is 7.89. The Hall–Kier alpha value is -2.58. The Bertz CT molecular complexity index is 944. The summed E-state index contributed by atoms with van der Waals surface area (Å²) in [6.07, 6.45) is 1.34. The first-order valence-corrected chi connectivity index (χ1v) is 10.2. The quantitative estimate of drug-likeness (QED) is 0.812. The van der Waals surface area contributed by atoms with E-state index >= 15 is 0 Å². The maximum atomic E-state index is 12.5. The van der Waals surface area contributed by atoms with Crippen LogP contribution in [0, 0.1) is 0 Å². The first-order valence-electron chi connectivity index (χ1n) is 8.68. The van der Waals surface area contributed by atoms with E-state index in [2.05, 4.69) is 5.32 Å². The molecule has 2 aromatic rings. The third-order valence-corrected chi connectivity index (χ3v) is 5.58. The SMILES string of the molecule is COc1ccccc1CCNC(=O)N1CCc2ccc(S(N)(=O)=O)cc2C1. The molecule has 3 rings (SSSR count). The lowest BCUT2D eigenvalue weighted by Crippen LogP contribution is -2.43. The number of methoxy groups -OCH3 is 1. The van der Waals surface area contributed by atoms with Crippen molar-refractivity contribution >= 4 is 16.1 Å². The van der Waals surface area contributed by atoms with Gasteiger partial charge in [-0.25, -0.2) is 18.4 Å². The molecule has 7 nitrogen and oxygen atoms in total. The van der Waals surface area contributed by atoms with Crippen LogP contribution in [0.15, 0.2) is 47.4 Å². The lowest BCUT2D eigenvalue weighted by Gasteiger charge is -2.29. The van der Waals surface area contributed by atoms with Gasteiger partial charge in [-0.2, -0.15) is 0 Å². The van der Waals surface area contributed by atoms with Gasteiger partial charge in [0.15, 0.2) is 0 Å². The van der Waals surface area contributed by atoms with Gasteiger partial charge >= 0.3 is 6.03 Å². The summed E-state index contributed by atoms with van der Waals surface area (Å²) in [5.41, 5.74) is 2.88. The van der Waals surface area contributed by atoms with Crippen LogP contribution in [-0.4, -0.2) is 39.5 Å². The molecular formula is C19H23N3O4S.